The minimum Gasteiger partial charge on any atom is -0.393 e. The average Bonchev–Trinajstić information content (AvgIpc) is 2.38. The highest BCUT2D eigenvalue weighted by atomic mass is 32.1. The van der Waals surface area contributed by atoms with E-state index in [-0.39, 0.29) is 11.6 Å². The van der Waals surface area contributed by atoms with Crippen LogP contribution in [0.4, 0.5) is 0 Å². The molecule has 92 valence electrons. The minimum atomic E-state index is -0.297. The number of benzene rings is 1. The van der Waals surface area contributed by atoms with Gasteiger partial charge in [0.2, 0.25) is 0 Å². The molecule has 1 heterocycles. The fourth-order valence-corrected chi connectivity index (χ4v) is 1.98. The van der Waals surface area contributed by atoms with E-state index in [4.69, 9.17) is 18.0 Å². The summed E-state index contributed by atoms with van der Waals surface area (Å²) >= 11 is 5.08. The second-order valence-electron chi connectivity index (χ2n) is 3.92. The Kier molecular flexibility index (Phi) is 3.84. The van der Waals surface area contributed by atoms with Gasteiger partial charge in [-0.15, -0.1) is 0 Å². The van der Waals surface area contributed by atoms with Crippen LogP contribution in [0.2, 0.25) is 0 Å². The zero-order valence-corrected chi connectivity index (χ0v) is 10.5. The molecule has 0 amide bonds. The lowest BCUT2D eigenvalue weighted by atomic mass is 9.99. The zero-order valence-electron chi connectivity index (χ0n) is 9.69. The second kappa shape index (κ2) is 5.55. The fourth-order valence-electron chi connectivity index (χ4n) is 1.77. The van der Waals surface area contributed by atoms with E-state index >= 15 is 0 Å². The Morgan fingerprint density at radius 2 is 2.06 bits per heavy atom. The largest absolute Gasteiger partial charge is 0.393 e. The maximum Gasteiger partial charge on any atom is 0.347 e. The van der Waals surface area contributed by atoms with Gasteiger partial charge in [-0.3, -0.25) is 4.57 Å². The second-order valence-corrected chi connectivity index (χ2v) is 4.39. The van der Waals surface area contributed by atoms with Crippen LogP contribution in [0.5, 0.6) is 0 Å². The van der Waals surface area contributed by atoms with Gasteiger partial charge in [-0.1, -0.05) is 42.5 Å². The lowest BCUT2D eigenvalue weighted by molar-refractivity contribution is 0.621. The SMILES string of the molecule is NC(=S)C(Cn1cccnc1=O)c1ccccc1. The third kappa shape index (κ3) is 2.81. The van der Waals surface area contributed by atoms with E-state index in [1.807, 2.05) is 30.3 Å². The van der Waals surface area contributed by atoms with Crippen molar-refractivity contribution in [1.29, 1.82) is 0 Å². The Hall–Kier alpha value is -2.01. The molecule has 0 fully saturated rings. The van der Waals surface area contributed by atoms with Crippen LogP contribution in [0.25, 0.3) is 0 Å². The zero-order chi connectivity index (χ0) is 13.0. The predicted octanol–water partition coefficient (Wildman–Crippen LogP) is 1.31. The van der Waals surface area contributed by atoms with E-state index in [0.717, 1.165) is 5.56 Å². The lowest BCUT2D eigenvalue weighted by Crippen LogP contribution is -2.30. The summed E-state index contributed by atoms with van der Waals surface area (Å²) in [5.41, 5.74) is 6.47. The van der Waals surface area contributed by atoms with Gasteiger partial charge >= 0.3 is 5.69 Å². The molecule has 4 nitrogen and oxygen atoms in total. The summed E-state index contributed by atoms with van der Waals surface area (Å²) in [6, 6.07) is 11.4. The van der Waals surface area contributed by atoms with E-state index in [0.29, 0.717) is 11.5 Å². The van der Waals surface area contributed by atoms with Gasteiger partial charge < -0.3 is 5.73 Å². The van der Waals surface area contributed by atoms with Crippen LogP contribution < -0.4 is 11.4 Å². The highest BCUT2D eigenvalue weighted by molar-refractivity contribution is 7.80. The third-order valence-corrected chi connectivity index (χ3v) is 2.99. The molecule has 0 aliphatic heterocycles. The van der Waals surface area contributed by atoms with Crippen molar-refractivity contribution >= 4 is 17.2 Å². The molecule has 1 aromatic carbocycles. The summed E-state index contributed by atoms with van der Waals surface area (Å²) in [5.74, 6) is -0.164. The smallest absolute Gasteiger partial charge is 0.347 e. The molecule has 0 aliphatic rings. The monoisotopic (exact) mass is 259 g/mol. The Labute approximate surface area is 110 Å². The summed E-state index contributed by atoms with van der Waals surface area (Å²) in [6.07, 6.45) is 3.15. The normalized spacial score (nSPS) is 12.0. The van der Waals surface area contributed by atoms with Gasteiger partial charge in [0.05, 0.1) is 10.9 Å². The van der Waals surface area contributed by atoms with Gasteiger partial charge in [0.15, 0.2) is 0 Å². The van der Waals surface area contributed by atoms with Crippen LogP contribution in [0.3, 0.4) is 0 Å². The lowest BCUT2D eigenvalue weighted by Gasteiger charge is -2.16. The van der Waals surface area contributed by atoms with Crippen molar-refractivity contribution in [1.82, 2.24) is 9.55 Å². The van der Waals surface area contributed by atoms with Crippen LogP contribution in [0.15, 0.2) is 53.6 Å². The maximum absolute atomic E-state index is 11.6. The highest BCUT2D eigenvalue weighted by Crippen LogP contribution is 2.17. The van der Waals surface area contributed by atoms with Crippen molar-refractivity contribution in [3.63, 3.8) is 0 Å². The molecule has 0 bridgehead atoms. The number of nitrogens with zero attached hydrogens (tertiary/aromatic N) is 2. The quantitative estimate of drug-likeness (QED) is 0.841. The van der Waals surface area contributed by atoms with Crippen LogP contribution in [-0.4, -0.2) is 14.5 Å². The first-order valence-electron chi connectivity index (χ1n) is 5.54. The molecule has 5 heteroatoms. The molecule has 2 aromatic rings. The molecule has 1 unspecified atom stereocenters. The third-order valence-electron chi connectivity index (χ3n) is 2.71. The van der Waals surface area contributed by atoms with Crippen LogP contribution in [0, 0.1) is 0 Å². The highest BCUT2D eigenvalue weighted by Gasteiger charge is 2.15. The van der Waals surface area contributed by atoms with Crippen molar-refractivity contribution in [3.8, 4) is 0 Å². The van der Waals surface area contributed by atoms with E-state index in [2.05, 4.69) is 4.98 Å². The molecule has 2 rings (SSSR count). The number of thiocarbonyl (C=S) groups is 1. The molecule has 0 radical (unpaired) electrons. The van der Waals surface area contributed by atoms with Crippen LogP contribution in [-0.2, 0) is 6.54 Å². The molecule has 0 saturated heterocycles. The molecule has 0 aliphatic carbocycles. The maximum atomic E-state index is 11.6. The number of hydrogen-bond donors (Lipinski definition) is 1. The van der Waals surface area contributed by atoms with Crippen LogP contribution in [0.1, 0.15) is 11.5 Å². The van der Waals surface area contributed by atoms with Gasteiger partial charge in [0, 0.05) is 18.9 Å². The molecule has 2 N–H and O–H groups in total. The molecule has 1 atom stereocenters. The number of hydrogen-bond acceptors (Lipinski definition) is 3. The molecular weight excluding hydrogens is 246 g/mol. The predicted molar refractivity (Wildman–Crippen MR) is 74.5 cm³/mol. The summed E-state index contributed by atoms with van der Waals surface area (Å²) in [6.45, 7) is 0.409. The summed E-state index contributed by atoms with van der Waals surface area (Å²) in [7, 11) is 0. The van der Waals surface area contributed by atoms with Crippen molar-refractivity contribution in [2.75, 3.05) is 0 Å². The Balaban J connectivity index is 2.31. The number of aromatic nitrogens is 2. The summed E-state index contributed by atoms with van der Waals surface area (Å²) < 4.78 is 1.51. The molecule has 1 aromatic heterocycles. The molecule has 18 heavy (non-hydrogen) atoms. The average molecular weight is 259 g/mol. The van der Waals surface area contributed by atoms with Crippen molar-refractivity contribution in [2.24, 2.45) is 5.73 Å². The van der Waals surface area contributed by atoms with Gasteiger partial charge in [-0.05, 0) is 11.6 Å². The van der Waals surface area contributed by atoms with Gasteiger partial charge in [-0.25, -0.2) is 9.78 Å². The topological polar surface area (TPSA) is 60.9 Å². The van der Waals surface area contributed by atoms with Gasteiger partial charge in [0.1, 0.15) is 0 Å². The molecule has 0 spiro atoms. The van der Waals surface area contributed by atoms with Crippen molar-refractivity contribution < 1.29 is 0 Å². The van der Waals surface area contributed by atoms with Crippen molar-refractivity contribution in [2.45, 2.75) is 12.5 Å². The molecular formula is C13H13N3OS. The van der Waals surface area contributed by atoms with E-state index in [9.17, 15) is 4.79 Å². The first kappa shape index (κ1) is 12.4. The van der Waals surface area contributed by atoms with Gasteiger partial charge in [-0.2, -0.15) is 0 Å². The van der Waals surface area contributed by atoms with Crippen LogP contribution >= 0.6 is 12.2 Å². The number of rotatable bonds is 4. The minimum absolute atomic E-state index is 0.164. The first-order chi connectivity index (χ1) is 8.68. The number of nitrogens with two attached hydrogens (primary N) is 1. The standard InChI is InChI=1S/C13H13N3OS/c14-12(18)11(10-5-2-1-3-6-10)9-16-8-4-7-15-13(16)17/h1-8,11H,9H2,(H2,14,18). The summed E-state index contributed by atoms with van der Waals surface area (Å²) in [4.78, 5) is 15.7. The Morgan fingerprint density at radius 1 is 1.33 bits per heavy atom. The van der Waals surface area contributed by atoms with E-state index in [1.54, 1.807) is 12.3 Å². The molecule has 0 saturated carbocycles. The first-order valence-corrected chi connectivity index (χ1v) is 5.95. The van der Waals surface area contributed by atoms with E-state index in [1.165, 1.54) is 10.8 Å². The van der Waals surface area contributed by atoms with E-state index < -0.39 is 0 Å². The Morgan fingerprint density at radius 3 is 2.67 bits per heavy atom. The van der Waals surface area contributed by atoms with Gasteiger partial charge in [0.25, 0.3) is 0 Å². The Bertz CT molecular complexity index is 594. The fraction of sp³-hybridized carbons (Fsp3) is 0.154. The summed E-state index contributed by atoms with van der Waals surface area (Å²) in [5, 5.41) is 0. The van der Waals surface area contributed by atoms with Crippen molar-refractivity contribution in [3.05, 3.63) is 64.8 Å².